The Bertz CT molecular complexity index is 623. The van der Waals surface area contributed by atoms with E-state index in [2.05, 4.69) is 0 Å². The maximum Gasteiger partial charge on any atom is 0.405 e. The molecule has 1 aliphatic rings. The summed E-state index contributed by atoms with van der Waals surface area (Å²) in [5.41, 5.74) is 0.120. The van der Waals surface area contributed by atoms with Gasteiger partial charge in [0.25, 0.3) is 5.91 Å². The largest absolute Gasteiger partial charge is 0.405 e. The first-order valence-electron chi connectivity index (χ1n) is 6.79. The van der Waals surface area contributed by atoms with Gasteiger partial charge in [0, 0.05) is 11.6 Å². The molecule has 0 radical (unpaired) electrons. The number of hydrogen-bond donors (Lipinski definition) is 1. The van der Waals surface area contributed by atoms with Crippen molar-refractivity contribution in [3.8, 4) is 0 Å². The number of nitrogens with zero attached hydrogens (tertiary/aromatic N) is 1. The van der Waals surface area contributed by atoms with E-state index >= 15 is 0 Å². The molecule has 0 aromatic heterocycles. The number of amides is 2. The van der Waals surface area contributed by atoms with Crippen molar-refractivity contribution in [1.29, 1.82) is 0 Å². The summed E-state index contributed by atoms with van der Waals surface area (Å²) in [5.74, 6) is -1.35. The molecule has 126 valence electrons. The Morgan fingerprint density at radius 1 is 1.30 bits per heavy atom. The van der Waals surface area contributed by atoms with Crippen molar-refractivity contribution in [1.82, 2.24) is 10.2 Å². The van der Waals surface area contributed by atoms with Crippen molar-refractivity contribution in [3.05, 3.63) is 33.8 Å². The fraction of sp³-hybridized carbons (Fsp3) is 0.429. The standard InChI is InChI=1S/C14H13Cl2F3N2O2/c15-8-3-4-10(16)9(6-8)13(23)21-5-1-2-11(21)12(22)20-7-14(17,18)19/h3-4,6,11H,1-2,5,7H2,(H,20,22). The molecule has 1 unspecified atom stereocenters. The van der Waals surface area contributed by atoms with Crippen molar-refractivity contribution >= 4 is 35.0 Å². The van der Waals surface area contributed by atoms with Gasteiger partial charge in [-0.1, -0.05) is 23.2 Å². The SMILES string of the molecule is O=C(NCC(F)(F)F)C1CCCN1C(=O)c1cc(Cl)ccc1Cl. The topological polar surface area (TPSA) is 49.4 Å². The highest BCUT2D eigenvalue weighted by Crippen LogP contribution is 2.26. The van der Waals surface area contributed by atoms with E-state index in [1.165, 1.54) is 23.1 Å². The predicted octanol–water partition coefficient (Wildman–Crippen LogP) is 3.28. The normalized spacial score (nSPS) is 18.1. The average molecular weight is 369 g/mol. The first kappa shape index (κ1) is 17.9. The van der Waals surface area contributed by atoms with Crippen LogP contribution in [0.25, 0.3) is 0 Å². The van der Waals surface area contributed by atoms with Gasteiger partial charge in [-0.25, -0.2) is 0 Å². The van der Waals surface area contributed by atoms with E-state index < -0.39 is 30.6 Å². The van der Waals surface area contributed by atoms with Crippen LogP contribution >= 0.6 is 23.2 Å². The second-order valence-corrected chi connectivity index (χ2v) is 5.96. The Morgan fingerprint density at radius 3 is 2.65 bits per heavy atom. The zero-order valence-corrected chi connectivity index (χ0v) is 13.3. The second kappa shape index (κ2) is 6.97. The van der Waals surface area contributed by atoms with E-state index in [-0.39, 0.29) is 17.1 Å². The summed E-state index contributed by atoms with van der Waals surface area (Å²) in [4.78, 5) is 25.7. The van der Waals surface area contributed by atoms with Crippen LogP contribution in [-0.4, -0.2) is 42.0 Å². The summed E-state index contributed by atoms with van der Waals surface area (Å²) >= 11 is 11.8. The molecule has 0 bridgehead atoms. The molecule has 1 aromatic rings. The van der Waals surface area contributed by atoms with Crippen LogP contribution < -0.4 is 5.32 Å². The van der Waals surface area contributed by atoms with E-state index in [1.54, 1.807) is 0 Å². The van der Waals surface area contributed by atoms with Crippen molar-refractivity contribution in [3.63, 3.8) is 0 Å². The molecule has 2 amide bonds. The van der Waals surface area contributed by atoms with E-state index in [1.807, 2.05) is 5.32 Å². The Kier molecular flexibility index (Phi) is 5.41. The Hall–Kier alpha value is -1.47. The van der Waals surface area contributed by atoms with Crippen LogP contribution in [0, 0.1) is 0 Å². The van der Waals surface area contributed by atoms with Gasteiger partial charge in [-0.05, 0) is 31.0 Å². The highest BCUT2D eigenvalue weighted by Gasteiger charge is 2.37. The fourth-order valence-corrected chi connectivity index (χ4v) is 2.77. The number of hydrogen-bond acceptors (Lipinski definition) is 2. The highest BCUT2D eigenvalue weighted by atomic mass is 35.5. The number of nitrogens with one attached hydrogen (secondary N) is 1. The Morgan fingerprint density at radius 2 is 2.00 bits per heavy atom. The summed E-state index contributed by atoms with van der Waals surface area (Å²) in [7, 11) is 0. The molecule has 0 aliphatic carbocycles. The van der Waals surface area contributed by atoms with Crippen LogP contribution in [0.3, 0.4) is 0 Å². The zero-order chi connectivity index (χ0) is 17.2. The summed E-state index contributed by atoms with van der Waals surface area (Å²) in [6.45, 7) is -1.16. The van der Waals surface area contributed by atoms with Crippen LogP contribution in [-0.2, 0) is 4.79 Å². The van der Waals surface area contributed by atoms with Crippen LogP contribution in [0.4, 0.5) is 13.2 Å². The predicted molar refractivity (Wildman–Crippen MR) is 79.6 cm³/mol. The summed E-state index contributed by atoms with van der Waals surface area (Å²) < 4.78 is 36.6. The molecule has 4 nitrogen and oxygen atoms in total. The molecule has 0 spiro atoms. The second-order valence-electron chi connectivity index (χ2n) is 5.11. The van der Waals surface area contributed by atoms with Crippen molar-refractivity contribution in [2.24, 2.45) is 0 Å². The van der Waals surface area contributed by atoms with Gasteiger partial charge in [0.05, 0.1) is 10.6 Å². The van der Waals surface area contributed by atoms with Gasteiger partial charge in [-0.2, -0.15) is 13.2 Å². The maximum atomic E-state index is 12.5. The number of rotatable bonds is 3. The number of likely N-dealkylation sites (tertiary alicyclic amines) is 1. The quantitative estimate of drug-likeness (QED) is 0.889. The molecular formula is C14H13Cl2F3N2O2. The first-order valence-corrected chi connectivity index (χ1v) is 7.55. The molecular weight excluding hydrogens is 356 g/mol. The maximum absolute atomic E-state index is 12.5. The molecule has 1 atom stereocenters. The molecule has 1 saturated heterocycles. The summed E-state index contributed by atoms with van der Waals surface area (Å²) in [6.07, 6.45) is -3.68. The molecule has 2 rings (SSSR count). The van der Waals surface area contributed by atoms with Gasteiger partial charge >= 0.3 is 6.18 Å². The van der Waals surface area contributed by atoms with E-state index in [4.69, 9.17) is 23.2 Å². The minimum Gasteiger partial charge on any atom is -0.345 e. The lowest BCUT2D eigenvalue weighted by molar-refractivity contribution is -0.140. The molecule has 1 aliphatic heterocycles. The van der Waals surface area contributed by atoms with Gasteiger partial charge in [-0.3, -0.25) is 9.59 Å². The van der Waals surface area contributed by atoms with E-state index in [9.17, 15) is 22.8 Å². The third-order valence-electron chi connectivity index (χ3n) is 3.44. The van der Waals surface area contributed by atoms with E-state index in [0.29, 0.717) is 17.9 Å². The number of benzene rings is 1. The molecule has 9 heteroatoms. The van der Waals surface area contributed by atoms with Crippen molar-refractivity contribution in [2.75, 3.05) is 13.1 Å². The molecule has 1 fully saturated rings. The van der Waals surface area contributed by atoms with Gasteiger partial charge in [-0.15, -0.1) is 0 Å². The van der Waals surface area contributed by atoms with Crippen LogP contribution in [0.15, 0.2) is 18.2 Å². The van der Waals surface area contributed by atoms with Gasteiger partial charge < -0.3 is 10.2 Å². The molecule has 23 heavy (non-hydrogen) atoms. The number of carbonyl (C=O) groups excluding carboxylic acids is 2. The first-order chi connectivity index (χ1) is 10.7. The molecule has 1 heterocycles. The van der Waals surface area contributed by atoms with Crippen molar-refractivity contribution < 1.29 is 22.8 Å². The minimum absolute atomic E-state index is 0.120. The lowest BCUT2D eigenvalue weighted by Gasteiger charge is -2.24. The Labute approximate surface area is 140 Å². The van der Waals surface area contributed by atoms with Crippen molar-refractivity contribution in [2.45, 2.75) is 25.1 Å². The number of halogens is 5. The fourth-order valence-electron chi connectivity index (χ4n) is 2.40. The van der Waals surface area contributed by atoms with Crippen LogP contribution in [0.2, 0.25) is 10.0 Å². The molecule has 1 aromatic carbocycles. The monoisotopic (exact) mass is 368 g/mol. The lowest BCUT2D eigenvalue weighted by atomic mass is 10.1. The summed E-state index contributed by atoms with van der Waals surface area (Å²) in [6, 6.07) is 3.39. The van der Waals surface area contributed by atoms with Crippen LogP contribution in [0.1, 0.15) is 23.2 Å². The van der Waals surface area contributed by atoms with Gasteiger partial charge in [0.15, 0.2) is 0 Å². The van der Waals surface area contributed by atoms with Gasteiger partial charge in [0.1, 0.15) is 12.6 Å². The third-order valence-corrected chi connectivity index (χ3v) is 4.00. The van der Waals surface area contributed by atoms with Crippen LogP contribution in [0.5, 0.6) is 0 Å². The average Bonchev–Trinajstić information content (AvgIpc) is 2.95. The lowest BCUT2D eigenvalue weighted by Crippen LogP contribution is -2.48. The molecule has 0 saturated carbocycles. The number of alkyl halides is 3. The highest BCUT2D eigenvalue weighted by molar-refractivity contribution is 6.35. The number of carbonyl (C=O) groups is 2. The smallest absolute Gasteiger partial charge is 0.345 e. The van der Waals surface area contributed by atoms with Gasteiger partial charge in [0.2, 0.25) is 5.91 Å². The Balaban J connectivity index is 2.13. The van der Waals surface area contributed by atoms with E-state index in [0.717, 1.165) is 0 Å². The minimum atomic E-state index is -4.50. The third kappa shape index (κ3) is 4.51. The summed E-state index contributed by atoms with van der Waals surface area (Å²) in [5, 5.41) is 2.28. The molecule has 1 N–H and O–H groups in total. The zero-order valence-electron chi connectivity index (χ0n) is 11.8.